The van der Waals surface area contributed by atoms with Gasteiger partial charge in [-0.1, -0.05) is 41.6 Å². The van der Waals surface area contributed by atoms with Crippen LogP contribution in [0.1, 0.15) is 17.3 Å². The molecule has 23 heavy (non-hydrogen) atoms. The molecule has 6 heteroatoms. The molecule has 0 radical (unpaired) electrons. The van der Waals surface area contributed by atoms with Crippen LogP contribution in [0.5, 0.6) is 0 Å². The second kappa shape index (κ2) is 6.58. The topological polar surface area (TPSA) is 69.0 Å². The first kappa shape index (κ1) is 15.2. The summed E-state index contributed by atoms with van der Waals surface area (Å²) in [6.07, 6.45) is 1.67. The number of aryl methyl sites for hydroxylation is 1. The first-order valence-corrected chi connectivity index (χ1v) is 7.32. The summed E-state index contributed by atoms with van der Waals surface area (Å²) in [6, 6.07) is 13.5. The van der Waals surface area contributed by atoms with E-state index < -0.39 is 6.04 Å². The van der Waals surface area contributed by atoms with Gasteiger partial charge in [0.2, 0.25) is 0 Å². The normalized spacial score (nSPS) is 12.3. The molecule has 1 N–H and O–H groups in total. The van der Waals surface area contributed by atoms with E-state index in [4.69, 9.17) is 4.74 Å². The van der Waals surface area contributed by atoms with Crippen molar-refractivity contribution in [2.45, 2.75) is 12.6 Å². The molecular formula is C17H18N4O2. The minimum Gasteiger partial charge on any atom is -0.468 e. The Bertz CT molecular complexity index is 828. The number of benzene rings is 2. The fourth-order valence-electron chi connectivity index (χ4n) is 2.52. The Morgan fingerprint density at radius 2 is 2.04 bits per heavy atom. The Morgan fingerprint density at radius 3 is 2.74 bits per heavy atom. The monoisotopic (exact) mass is 310 g/mol. The van der Waals surface area contributed by atoms with E-state index in [1.54, 1.807) is 10.9 Å². The van der Waals surface area contributed by atoms with E-state index in [1.807, 2.05) is 49.5 Å². The molecule has 0 amide bonds. The molecule has 0 aliphatic rings. The number of hydrogen-bond acceptors (Lipinski definition) is 5. The van der Waals surface area contributed by atoms with E-state index >= 15 is 0 Å². The van der Waals surface area contributed by atoms with Crippen LogP contribution in [0.4, 0.5) is 0 Å². The number of fused-ring (bicyclic) bond motifs is 1. The predicted molar refractivity (Wildman–Crippen MR) is 86.5 cm³/mol. The van der Waals surface area contributed by atoms with Gasteiger partial charge in [0.05, 0.1) is 19.0 Å². The van der Waals surface area contributed by atoms with Crippen molar-refractivity contribution in [1.29, 1.82) is 0 Å². The lowest BCUT2D eigenvalue weighted by Gasteiger charge is -2.17. The number of nitrogens with zero attached hydrogens (tertiary/aromatic N) is 3. The molecule has 3 rings (SSSR count). The number of aromatic nitrogens is 3. The number of hydrogen-bond donors (Lipinski definition) is 1. The zero-order valence-corrected chi connectivity index (χ0v) is 13.1. The predicted octanol–water partition coefficient (Wildman–Crippen LogP) is 1.97. The molecule has 6 nitrogen and oxygen atoms in total. The van der Waals surface area contributed by atoms with E-state index in [-0.39, 0.29) is 5.97 Å². The van der Waals surface area contributed by atoms with Gasteiger partial charge < -0.3 is 4.74 Å². The third-order valence-electron chi connectivity index (χ3n) is 3.84. The summed E-state index contributed by atoms with van der Waals surface area (Å²) in [5.74, 6) is -0.324. The van der Waals surface area contributed by atoms with Crippen LogP contribution in [0.2, 0.25) is 0 Å². The van der Waals surface area contributed by atoms with Gasteiger partial charge >= 0.3 is 5.97 Å². The lowest BCUT2D eigenvalue weighted by atomic mass is 10.0. The third-order valence-corrected chi connectivity index (χ3v) is 3.84. The zero-order chi connectivity index (χ0) is 16.2. The van der Waals surface area contributed by atoms with Crippen LogP contribution in [0.3, 0.4) is 0 Å². The molecule has 0 fully saturated rings. The quantitative estimate of drug-likeness (QED) is 0.730. The van der Waals surface area contributed by atoms with Crippen LogP contribution in [-0.4, -0.2) is 28.1 Å². The van der Waals surface area contributed by atoms with Gasteiger partial charge in [-0.15, -0.1) is 5.10 Å². The number of nitrogens with one attached hydrogen (secondary N) is 1. The van der Waals surface area contributed by atoms with Crippen LogP contribution < -0.4 is 5.32 Å². The fraction of sp³-hybridized carbons (Fsp3) is 0.235. The molecule has 2 aromatic carbocycles. The molecule has 0 aliphatic heterocycles. The lowest BCUT2D eigenvalue weighted by molar-refractivity contribution is -0.143. The highest BCUT2D eigenvalue weighted by Gasteiger charge is 2.21. The van der Waals surface area contributed by atoms with Crippen LogP contribution in [0.15, 0.2) is 48.7 Å². The second-order valence-corrected chi connectivity index (χ2v) is 5.29. The van der Waals surface area contributed by atoms with Crippen molar-refractivity contribution in [3.05, 3.63) is 59.9 Å². The van der Waals surface area contributed by atoms with Crippen molar-refractivity contribution in [2.24, 2.45) is 7.05 Å². The molecule has 3 aromatic rings. The molecule has 1 heterocycles. The maximum Gasteiger partial charge on any atom is 0.327 e. The highest BCUT2D eigenvalue weighted by molar-refractivity contribution is 5.85. The van der Waals surface area contributed by atoms with Crippen molar-refractivity contribution in [3.63, 3.8) is 0 Å². The Kier molecular flexibility index (Phi) is 4.34. The summed E-state index contributed by atoms with van der Waals surface area (Å²) in [5.41, 5.74) is 1.75. The summed E-state index contributed by atoms with van der Waals surface area (Å²) >= 11 is 0. The van der Waals surface area contributed by atoms with Gasteiger partial charge in [0.1, 0.15) is 6.04 Å². The van der Waals surface area contributed by atoms with E-state index in [0.29, 0.717) is 6.54 Å². The lowest BCUT2D eigenvalue weighted by Crippen LogP contribution is -2.30. The molecule has 0 saturated heterocycles. The molecule has 0 unspecified atom stereocenters. The average Bonchev–Trinajstić information content (AvgIpc) is 2.99. The van der Waals surface area contributed by atoms with Gasteiger partial charge in [-0.25, -0.2) is 4.79 Å². The van der Waals surface area contributed by atoms with Crippen LogP contribution in [-0.2, 0) is 23.1 Å². The maximum absolute atomic E-state index is 12.2. The third kappa shape index (κ3) is 3.22. The minimum atomic E-state index is -0.542. The van der Waals surface area contributed by atoms with Gasteiger partial charge in [0.25, 0.3) is 0 Å². The standard InChI is InChI=1S/C17H18N4O2/c1-21-15(11-19-20-21)10-18-16(17(22)23-2)14-8-7-12-5-3-4-6-13(12)9-14/h3-9,11,16,18H,10H2,1-2H3/t16-/m1/s1. The first-order valence-electron chi connectivity index (χ1n) is 7.32. The summed E-state index contributed by atoms with van der Waals surface area (Å²) in [7, 11) is 3.21. The number of ether oxygens (including phenoxy) is 1. The molecule has 0 saturated carbocycles. The van der Waals surface area contributed by atoms with Gasteiger partial charge in [0.15, 0.2) is 0 Å². The zero-order valence-electron chi connectivity index (χ0n) is 13.1. The number of carbonyl (C=O) groups excluding carboxylic acids is 1. The summed E-state index contributed by atoms with van der Waals surface area (Å²) in [5, 5.41) is 13.2. The Labute approximate surface area is 134 Å². The summed E-state index contributed by atoms with van der Waals surface area (Å²) in [4.78, 5) is 12.2. The van der Waals surface area contributed by atoms with Crippen LogP contribution in [0, 0.1) is 0 Å². The molecule has 1 atom stereocenters. The van der Waals surface area contributed by atoms with Gasteiger partial charge in [-0.3, -0.25) is 10.00 Å². The van der Waals surface area contributed by atoms with Crippen molar-refractivity contribution >= 4 is 16.7 Å². The summed E-state index contributed by atoms with van der Waals surface area (Å²) < 4.78 is 6.61. The molecule has 0 bridgehead atoms. The Balaban J connectivity index is 1.88. The minimum absolute atomic E-state index is 0.324. The number of methoxy groups -OCH3 is 1. The SMILES string of the molecule is COC(=O)[C@H](NCc1cnnn1C)c1ccc2ccccc2c1. The highest BCUT2D eigenvalue weighted by atomic mass is 16.5. The summed E-state index contributed by atoms with van der Waals surface area (Å²) in [6.45, 7) is 0.468. The molecule has 1 aromatic heterocycles. The second-order valence-electron chi connectivity index (χ2n) is 5.29. The van der Waals surface area contributed by atoms with Gasteiger partial charge in [0, 0.05) is 13.6 Å². The highest BCUT2D eigenvalue weighted by Crippen LogP contribution is 2.21. The Morgan fingerprint density at radius 1 is 1.26 bits per heavy atom. The van der Waals surface area contributed by atoms with E-state index in [0.717, 1.165) is 22.0 Å². The van der Waals surface area contributed by atoms with Gasteiger partial charge in [-0.2, -0.15) is 0 Å². The average molecular weight is 310 g/mol. The maximum atomic E-state index is 12.2. The number of rotatable bonds is 5. The van der Waals surface area contributed by atoms with Crippen LogP contribution >= 0.6 is 0 Å². The van der Waals surface area contributed by atoms with E-state index in [2.05, 4.69) is 15.6 Å². The fourth-order valence-corrected chi connectivity index (χ4v) is 2.52. The van der Waals surface area contributed by atoms with Crippen LogP contribution in [0.25, 0.3) is 10.8 Å². The van der Waals surface area contributed by atoms with E-state index in [9.17, 15) is 4.79 Å². The largest absolute Gasteiger partial charge is 0.468 e. The van der Waals surface area contributed by atoms with E-state index in [1.165, 1.54) is 7.11 Å². The number of esters is 1. The van der Waals surface area contributed by atoms with Crippen molar-refractivity contribution < 1.29 is 9.53 Å². The number of carbonyl (C=O) groups is 1. The molecule has 118 valence electrons. The molecule has 0 spiro atoms. The Hall–Kier alpha value is -2.73. The molecular weight excluding hydrogens is 292 g/mol. The van der Waals surface area contributed by atoms with Crippen molar-refractivity contribution in [3.8, 4) is 0 Å². The van der Waals surface area contributed by atoms with Crippen molar-refractivity contribution in [2.75, 3.05) is 7.11 Å². The molecule has 0 aliphatic carbocycles. The van der Waals surface area contributed by atoms with Crippen molar-refractivity contribution in [1.82, 2.24) is 20.3 Å². The first-order chi connectivity index (χ1) is 11.2. The van der Waals surface area contributed by atoms with Gasteiger partial charge in [-0.05, 0) is 22.4 Å². The smallest absolute Gasteiger partial charge is 0.327 e.